The molecule has 2 nitrogen and oxygen atoms in total. The van der Waals surface area contributed by atoms with Crippen LogP contribution in [0.1, 0.15) is 32.6 Å². The Labute approximate surface area is 73.4 Å². The highest BCUT2D eigenvalue weighted by atomic mass is 16.1. The normalized spacial score (nSPS) is 23.1. The molecule has 0 spiro atoms. The molecule has 66 valence electrons. The molecule has 0 aromatic rings. The molecule has 1 saturated carbocycles. The predicted molar refractivity (Wildman–Crippen MR) is 48.7 cm³/mol. The van der Waals surface area contributed by atoms with E-state index >= 15 is 0 Å². The van der Waals surface area contributed by atoms with Crippen molar-refractivity contribution in [2.45, 2.75) is 38.6 Å². The summed E-state index contributed by atoms with van der Waals surface area (Å²) in [5.41, 5.74) is 4.07. The minimum Gasteiger partial charge on any atom is -0.349 e. The Bertz CT molecular complexity index is 226. The molecule has 1 N–H and O–H groups in total. The van der Waals surface area contributed by atoms with Crippen molar-refractivity contribution in [3.63, 3.8) is 0 Å². The van der Waals surface area contributed by atoms with E-state index in [1.54, 1.807) is 6.92 Å². The third-order valence-corrected chi connectivity index (χ3v) is 2.21. The van der Waals surface area contributed by atoms with E-state index in [-0.39, 0.29) is 11.9 Å². The number of hydrogen-bond donors (Lipinski definition) is 1. The van der Waals surface area contributed by atoms with Crippen molar-refractivity contribution in [1.29, 1.82) is 0 Å². The van der Waals surface area contributed by atoms with Crippen LogP contribution in [0.4, 0.5) is 0 Å². The van der Waals surface area contributed by atoms with Gasteiger partial charge in [-0.2, -0.15) is 0 Å². The molecular weight excluding hydrogens is 150 g/mol. The molecule has 0 aromatic heterocycles. The molecule has 1 aliphatic rings. The van der Waals surface area contributed by atoms with E-state index in [0.717, 1.165) is 18.4 Å². The van der Waals surface area contributed by atoms with Gasteiger partial charge in [-0.25, -0.2) is 0 Å². The second-order valence-electron chi connectivity index (χ2n) is 3.20. The van der Waals surface area contributed by atoms with E-state index in [1.165, 1.54) is 12.8 Å². The monoisotopic (exact) mass is 165 g/mol. The van der Waals surface area contributed by atoms with E-state index in [0.29, 0.717) is 0 Å². The fraction of sp³-hybridized carbons (Fsp3) is 0.600. The van der Waals surface area contributed by atoms with Crippen molar-refractivity contribution in [1.82, 2.24) is 5.32 Å². The summed E-state index contributed by atoms with van der Waals surface area (Å²) in [5.74, 6) is 0.0367. The zero-order valence-electron chi connectivity index (χ0n) is 7.52. The first-order chi connectivity index (χ1) is 5.74. The second kappa shape index (κ2) is 4.13. The molecule has 0 heterocycles. The summed E-state index contributed by atoms with van der Waals surface area (Å²) in [6.07, 6.45) is 4.47. The fourth-order valence-electron chi connectivity index (χ4n) is 1.63. The summed E-state index contributed by atoms with van der Waals surface area (Å²) >= 11 is 0. The summed E-state index contributed by atoms with van der Waals surface area (Å²) in [7, 11) is 0. The molecule has 1 aliphatic carbocycles. The van der Waals surface area contributed by atoms with E-state index in [4.69, 9.17) is 0 Å². The molecule has 0 aromatic carbocycles. The molecule has 2 heteroatoms. The maximum Gasteiger partial charge on any atom is 0.217 e. The summed E-state index contributed by atoms with van der Waals surface area (Å²) in [6.45, 7) is 5.18. The van der Waals surface area contributed by atoms with Crippen molar-refractivity contribution in [3.8, 4) is 0 Å². The van der Waals surface area contributed by atoms with Gasteiger partial charge in [0.05, 0.1) is 6.04 Å². The highest BCUT2D eigenvalue weighted by molar-refractivity contribution is 5.73. The van der Waals surface area contributed by atoms with Crippen LogP contribution in [0.3, 0.4) is 0 Å². The minimum atomic E-state index is 0.0367. The summed E-state index contributed by atoms with van der Waals surface area (Å²) in [6, 6.07) is 0.203. The number of carbonyl (C=O) groups excluding carboxylic acids is 1. The predicted octanol–water partition coefficient (Wildman–Crippen LogP) is 1.78. The van der Waals surface area contributed by atoms with Crippen LogP contribution < -0.4 is 5.32 Å². The Morgan fingerprint density at radius 3 is 3.00 bits per heavy atom. The molecule has 1 amide bonds. The van der Waals surface area contributed by atoms with E-state index in [2.05, 4.69) is 17.6 Å². The van der Waals surface area contributed by atoms with Crippen LogP contribution in [0.25, 0.3) is 0 Å². The van der Waals surface area contributed by atoms with Gasteiger partial charge in [-0.05, 0) is 24.8 Å². The molecule has 1 rings (SSSR count). The molecule has 0 aliphatic heterocycles. The van der Waals surface area contributed by atoms with Crippen LogP contribution in [0.15, 0.2) is 17.9 Å². The first-order valence-corrected chi connectivity index (χ1v) is 4.40. The Kier molecular flexibility index (Phi) is 3.12. The zero-order chi connectivity index (χ0) is 8.97. The number of amides is 1. The molecule has 1 atom stereocenters. The van der Waals surface area contributed by atoms with Crippen molar-refractivity contribution >= 4 is 5.91 Å². The van der Waals surface area contributed by atoms with Gasteiger partial charge in [0, 0.05) is 6.92 Å². The third-order valence-electron chi connectivity index (χ3n) is 2.21. The first-order valence-electron chi connectivity index (χ1n) is 4.40. The smallest absolute Gasteiger partial charge is 0.217 e. The van der Waals surface area contributed by atoms with Gasteiger partial charge in [0.2, 0.25) is 5.91 Å². The molecule has 0 bridgehead atoms. The second-order valence-corrected chi connectivity index (χ2v) is 3.20. The van der Waals surface area contributed by atoms with Crippen LogP contribution in [0.2, 0.25) is 0 Å². The van der Waals surface area contributed by atoms with E-state index in [9.17, 15) is 4.79 Å². The average molecular weight is 165 g/mol. The van der Waals surface area contributed by atoms with Gasteiger partial charge >= 0.3 is 0 Å². The van der Waals surface area contributed by atoms with Gasteiger partial charge in [0.15, 0.2) is 0 Å². The Hall–Kier alpha value is -1.01. The van der Waals surface area contributed by atoms with Crippen LogP contribution in [0.5, 0.6) is 0 Å². The largest absolute Gasteiger partial charge is 0.349 e. The number of nitrogens with one attached hydrogen (secondary N) is 1. The molecule has 0 unspecified atom stereocenters. The first kappa shape index (κ1) is 9.08. The third kappa shape index (κ3) is 2.24. The van der Waals surface area contributed by atoms with E-state index in [1.807, 2.05) is 0 Å². The molecule has 0 saturated heterocycles. The van der Waals surface area contributed by atoms with E-state index < -0.39 is 0 Å². The average Bonchev–Trinajstić information content (AvgIpc) is 2.04. The quantitative estimate of drug-likeness (QED) is 0.589. The van der Waals surface area contributed by atoms with Gasteiger partial charge < -0.3 is 5.32 Å². The summed E-state index contributed by atoms with van der Waals surface area (Å²) in [5, 5.41) is 2.90. The lowest BCUT2D eigenvalue weighted by Gasteiger charge is -2.24. The highest BCUT2D eigenvalue weighted by Gasteiger charge is 2.18. The standard InChI is InChI=1S/C10H15NO/c1-3-9-6-4-5-7-10(9)11-8(2)12/h10H,1,4-7H2,2H3,(H,11,12)/t10-/m0/s1. The summed E-state index contributed by atoms with van der Waals surface area (Å²) < 4.78 is 0. The van der Waals surface area contributed by atoms with Crippen molar-refractivity contribution in [2.24, 2.45) is 0 Å². The zero-order valence-corrected chi connectivity index (χ0v) is 7.52. The van der Waals surface area contributed by atoms with Gasteiger partial charge in [0.1, 0.15) is 0 Å². The van der Waals surface area contributed by atoms with Gasteiger partial charge in [-0.1, -0.05) is 13.0 Å². The minimum absolute atomic E-state index is 0.0367. The number of carbonyl (C=O) groups is 1. The SMILES string of the molecule is C=C=C1CCCC[C@@H]1NC(C)=O. The fourth-order valence-corrected chi connectivity index (χ4v) is 1.63. The lowest BCUT2D eigenvalue weighted by molar-refractivity contribution is -0.119. The lowest BCUT2D eigenvalue weighted by atomic mass is 9.90. The number of hydrogen-bond acceptors (Lipinski definition) is 1. The maximum atomic E-state index is 10.8. The van der Waals surface area contributed by atoms with Crippen LogP contribution in [-0.2, 0) is 4.79 Å². The Balaban J connectivity index is 2.59. The number of rotatable bonds is 1. The maximum absolute atomic E-state index is 10.8. The molecule has 0 radical (unpaired) electrons. The van der Waals surface area contributed by atoms with Crippen LogP contribution in [-0.4, -0.2) is 11.9 Å². The Morgan fingerprint density at radius 1 is 1.67 bits per heavy atom. The van der Waals surface area contributed by atoms with Gasteiger partial charge in [0.25, 0.3) is 0 Å². The van der Waals surface area contributed by atoms with Crippen LogP contribution in [0, 0.1) is 0 Å². The topological polar surface area (TPSA) is 29.1 Å². The van der Waals surface area contributed by atoms with Gasteiger partial charge in [-0.15, -0.1) is 5.73 Å². The van der Waals surface area contributed by atoms with Crippen molar-refractivity contribution in [3.05, 3.63) is 17.9 Å². The van der Waals surface area contributed by atoms with Crippen molar-refractivity contribution in [2.75, 3.05) is 0 Å². The molecular formula is C10H15NO. The highest BCUT2D eigenvalue weighted by Crippen LogP contribution is 2.22. The summed E-state index contributed by atoms with van der Waals surface area (Å²) in [4.78, 5) is 10.8. The molecule has 1 fully saturated rings. The lowest BCUT2D eigenvalue weighted by Crippen LogP contribution is -2.36. The van der Waals surface area contributed by atoms with Gasteiger partial charge in [-0.3, -0.25) is 4.79 Å². The molecule has 12 heavy (non-hydrogen) atoms. The van der Waals surface area contributed by atoms with Crippen LogP contribution >= 0.6 is 0 Å². The Morgan fingerprint density at radius 2 is 2.42 bits per heavy atom. The van der Waals surface area contributed by atoms with Crippen molar-refractivity contribution < 1.29 is 4.79 Å².